The summed E-state index contributed by atoms with van der Waals surface area (Å²) >= 11 is 7.61. The van der Waals surface area contributed by atoms with E-state index in [-0.39, 0.29) is 11.8 Å². The average Bonchev–Trinajstić information content (AvgIpc) is 2.65. The molecule has 2 nitrogen and oxygen atoms in total. The number of hydrogen-bond acceptors (Lipinski definition) is 2. The molecule has 0 aliphatic carbocycles. The first-order valence-corrected chi connectivity index (χ1v) is 9.66. The highest BCUT2D eigenvalue weighted by Gasteiger charge is 2.22. The lowest BCUT2D eigenvalue weighted by Gasteiger charge is -2.27. The van der Waals surface area contributed by atoms with Crippen molar-refractivity contribution < 1.29 is 4.79 Å². The number of alkyl halides is 1. The van der Waals surface area contributed by atoms with Gasteiger partial charge in [-0.25, -0.2) is 0 Å². The van der Waals surface area contributed by atoms with Gasteiger partial charge in [0, 0.05) is 10.6 Å². The molecular weight excluding hydrogens is 338 g/mol. The Morgan fingerprint density at radius 3 is 2.21 bits per heavy atom. The largest absolute Gasteiger partial charge is 0.279 e. The van der Waals surface area contributed by atoms with E-state index in [1.807, 2.05) is 30.3 Å². The van der Waals surface area contributed by atoms with E-state index in [1.165, 1.54) is 4.90 Å². The Bertz CT molecular complexity index is 710. The zero-order chi connectivity index (χ0) is 17.5. The summed E-state index contributed by atoms with van der Waals surface area (Å²) in [5.74, 6) is -0.183. The van der Waals surface area contributed by atoms with Crippen LogP contribution in [0.1, 0.15) is 25.8 Å². The number of benzene rings is 2. The summed E-state index contributed by atoms with van der Waals surface area (Å²) in [7, 11) is 0. The summed E-state index contributed by atoms with van der Waals surface area (Å²) in [6.45, 7) is 4.16. The lowest BCUT2D eigenvalue weighted by molar-refractivity contribution is -0.115. The summed E-state index contributed by atoms with van der Waals surface area (Å²) in [5, 5.41) is 0. The number of thioether (sulfide) groups is 1. The number of rotatable bonds is 6. The number of carbonyl (C=O) groups excluding carboxylic acids is 1. The Balaban J connectivity index is 2.61. The average molecular weight is 360 g/mol. The lowest BCUT2D eigenvalue weighted by Crippen LogP contribution is -2.31. The van der Waals surface area contributed by atoms with Crippen LogP contribution in [0.5, 0.6) is 0 Å². The number of allylic oxidation sites excluding steroid dienone is 1. The predicted octanol–water partition coefficient (Wildman–Crippen LogP) is 5.82. The molecule has 126 valence electrons. The molecule has 0 fully saturated rings. The van der Waals surface area contributed by atoms with Gasteiger partial charge in [-0.15, -0.1) is 23.4 Å². The van der Waals surface area contributed by atoms with Gasteiger partial charge in [0.15, 0.2) is 0 Å². The van der Waals surface area contributed by atoms with Crippen LogP contribution in [0.25, 0.3) is 5.70 Å². The Kier molecular flexibility index (Phi) is 6.95. The molecule has 0 saturated carbocycles. The fourth-order valence-electron chi connectivity index (χ4n) is 2.52. The number of anilines is 1. The van der Waals surface area contributed by atoms with E-state index in [2.05, 4.69) is 44.4 Å². The van der Waals surface area contributed by atoms with Gasteiger partial charge in [0.25, 0.3) is 0 Å². The second kappa shape index (κ2) is 8.95. The van der Waals surface area contributed by atoms with Crippen LogP contribution in [0.2, 0.25) is 0 Å². The van der Waals surface area contributed by atoms with Crippen molar-refractivity contribution in [1.29, 1.82) is 0 Å². The van der Waals surface area contributed by atoms with Gasteiger partial charge >= 0.3 is 0 Å². The molecule has 0 spiro atoms. The van der Waals surface area contributed by atoms with Crippen molar-refractivity contribution in [2.45, 2.75) is 25.2 Å². The molecule has 4 heteroatoms. The maximum atomic E-state index is 12.6. The molecule has 0 aliphatic rings. The minimum absolute atomic E-state index is 0.0573. The van der Waals surface area contributed by atoms with Crippen molar-refractivity contribution in [3.63, 3.8) is 0 Å². The molecule has 0 heterocycles. The number of para-hydroxylation sites is 1. The fraction of sp³-hybridized carbons (Fsp3) is 0.250. The Morgan fingerprint density at radius 1 is 1.08 bits per heavy atom. The molecule has 0 aromatic heterocycles. The summed E-state index contributed by atoms with van der Waals surface area (Å²) in [5.41, 5.74) is 3.92. The summed E-state index contributed by atoms with van der Waals surface area (Å²) in [6.07, 6.45) is 2.91. The van der Waals surface area contributed by atoms with E-state index in [4.69, 9.17) is 11.6 Å². The number of hydrogen-bond donors (Lipinski definition) is 0. The number of nitrogens with zero attached hydrogens (tertiary/aromatic N) is 1. The highest BCUT2D eigenvalue weighted by molar-refractivity contribution is 7.98. The van der Waals surface area contributed by atoms with E-state index in [0.717, 1.165) is 28.9 Å². The van der Waals surface area contributed by atoms with Crippen molar-refractivity contribution in [2.75, 3.05) is 17.0 Å². The molecule has 0 unspecified atom stereocenters. The highest BCUT2D eigenvalue weighted by Crippen LogP contribution is 2.31. The lowest BCUT2D eigenvalue weighted by atomic mass is 10.0. The normalized spacial score (nSPS) is 11.8. The minimum atomic E-state index is -0.125. The standard InChI is InChI=1S/C20H22ClNOS/c1-4-15(2)20(16-10-12-18(24-3)13-11-16)22(19(23)14-21)17-8-6-5-7-9-17/h5-13H,4,14H2,1-3H3. The van der Waals surface area contributed by atoms with Crippen LogP contribution in [0.15, 0.2) is 65.1 Å². The molecule has 0 atom stereocenters. The first-order chi connectivity index (χ1) is 11.6. The zero-order valence-corrected chi connectivity index (χ0v) is 15.8. The van der Waals surface area contributed by atoms with Crippen LogP contribution in [0.3, 0.4) is 0 Å². The maximum absolute atomic E-state index is 12.6. The summed E-state index contributed by atoms with van der Waals surface area (Å²) in [4.78, 5) is 15.6. The van der Waals surface area contributed by atoms with E-state index >= 15 is 0 Å². The van der Waals surface area contributed by atoms with Gasteiger partial charge in [0.1, 0.15) is 5.88 Å². The van der Waals surface area contributed by atoms with Gasteiger partial charge in [-0.1, -0.05) is 37.3 Å². The van der Waals surface area contributed by atoms with Crippen LogP contribution < -0.4 is 4.90 Å². The fourth-order valence-corrected chi connectivity index (χ4v) is 3.05. The van der Waals surface area contributed by atoms with Gasteiger partial charge in [-0.05, 0) is 55.0 Å². The van der Waals surface area contributed by atoms with Crippen LogP contribution in [-0.2, 0) is 4.79 Å². The van der Waals surface area contributed by atoms with Crippen molar-refractivity contribution >= 4 is 40.7 Å². The molecule has 0 bridgehead atoms. The quantitative estimate of drug-likeness (QED) is 0.478. The van der Waals surface area contributed by atoms with E-state index in [9.17, 15) is 4.79 Å². The van der Waals surface area contributed by atoms with Crippen LogP contribution >= 0.6 is 23.4 Å². The molecule has 0 radical (unpaired) electrons. The van der Waals surface area contributed by atoms with Crippen LogP contribution in [-0.4, -0.2) is 18.0 Å². The maximum Gasteiger partial charge on any atom is 0.246 e. The minimum Gasteiger partial charge on any atom is -0.279 e. The zero-order valence-electron chi connectivity index (χ0n) is 14.3. The SMILES string of the molecule is CCC(C)=C(c1ccc(SC)cc1)N(C(=O)CCl)c1ccccc1. The topological polar surface area (TPSA) is 20.3 Å². The molecule has 2 aromatic carbocycles. The molecule has 0 saturated heterocycles. The van der Waals surface area contributed by atoms with Crippen LogP contribution in [0, 0.1) is 0 Å². The highest BCUT2D eigenvalue weighted by atomic mass is 35.5. The molecule has 2 rings (SSSR count). The number of amides is 1. The monoisotopic (exact) mass is 359 g/mol. The third kappa shape index (κ3) is 4.22. The third-order valence-electron chi connectivity index (χ3n) is 3.90. The van der Waals surface area contributed by atoms with E-state index in [0.29, 0.717) is 0 Å². The van der Waals surface area contributed by atoms with Crippen molar-refractivity contribution in [1.82, 2.24) is 0 Å². The first kappa shape index (κ1) is 18.6. The Morgan fingerprint density at radius 2 is 1.71 bits per heavy atom. The summed E-state index contributed by atoms with van der Waals surface area (Å²) in [6, 6.07) is 18.0. The van der Waals surface area contributed by atoms with Crippen molar-refractivity contribution in [3.8, 4) is 0 Å². The molecule has 1 amide bonds. The van der Waals surface area contributed by atoms with Gasteiger partial charge in [-0.2, -0.15) is 0 Å². The number of halogens is 1. The van der Waals surface area contributed by atoms with Gasteiger partial charge in [-0.3, -0.25) is 9.69 Å². The predicted molar refractivity (Wildman–Crippen MR) is 106 cm³/mol. The molecule has 0 aliphatic heterocycles. The van der Waals surface area contributed by atoms with Crippen LogP contribution in [0.4, 0.5) is 5.69 Å². The van der Waals surface area contributed by atoms with Crippen molar-refractivity contribution in [3.05, 3.63) is 65.7 Å². The Labute approximate surface area is 153 Å². The van der Waals surface area contributed by atoms with Crippen molar-refractivity contribution in [2.24, 2.45) is 0 Å². The van der Waals surface area contributed by atoms with E-state index in [1.54, 1.807) is 16.7 Å². The third-order valence-corrected chi connectivity index (χ3v) is 4.87. The second-order valence-electron chi connectivity index (χ2n) is 5.41. The molecular formula is C20H22ClNOS. The van der Waals surface area contributed by atoms with Gasteiger partial charge < -0.3 is 0 Å². The second-order valence-corrected chi connectivity index (χ2v) is 6.56. The molecule has 2 aromatic rings. The Hall–Kier alpha value is -1.71. The smallest absolute Gasteiger partial charge is 0.246 e. The first-order valence-electron chi connectivity index (χ1n) is 7.90. The molecule has 0 N–H and O–H groups in total. The van der Waals surface area contributed by atoms with Gasteiger partial charge in [0.2, 0.25) is 5.91 Å². The van der Waals surface area contributed by atoms with E-state index < -0.39 is 0 Å². The summed E-state index contributed by atoms with van der Waals surface area (Å²) < 4.78 is 0. The number of carbonyl (C=O) groups is 1. The van der Waals surface area contributed by atoms with Gasteiger partial charge in [0.05, 0.1) is 5.70 Å². The molecule has 24 heavy (non-hydrogen) atoms.